The maximum absolute atomic E-state index is 5.75. The Balaban J connectivity index is 2.28. The Morgan fingerprint density at radius 3 is 2.33 bits per heavy atom. The van der Waals surface area contributed by atoms with Crippen molar-refractivity contribution in [3.05, 3.63) is 0 Å². The molecule has 1 heterocycles. The van der Waals surface area contributed by atoms with Crippen molar-refractivity contribution in [1.29, 1.82) is 0 Å². The van der Waals surface area contributed by atoms with Crippen molar-refractivity contribution in [2.75, 3.05) is 19.7 Å². The Morgan fingerprint density at radius 1 is 1.22 bits per heavy atom. The first kappa shape index (κ1) is 15.9. The molecule has 1 aliphatic heterocycles. The maximum Gasteiger partial charge on any atom is 0.0641 e. The molecule has 1 saturated heterocycles. The second kappa shape index (κ2) is 6.88. The van der Waals surface area contributed by atoms with E-state index < -0.39 is 0 Å². The first-order valence-corrected chi connectivity index (χ1v) is 7.45. The number of hydrogen-bond acceptors (Lipinski definition) is 3. The number of nitrogens with one attached hydrogen (secondary N) is 1. The van der Waals surface area contributed by atoms with Gasteiger partial charge < -0.3 is 10.1 Å². The van der Waals surface area contributed by atoms with Crippen molar-refractivity contribution >= 4 is 0 Å². The topological polar surface area (TPSA) is 24.5 Å². The number of nitrogens with zero attached hydrogens (tertiary/aromatic N) is 1. The van der Waals surface area contributed by atoms with E-state index >= 15 is 0 Å². The van der Waals surface area contributed by atoms with E-state index in [1.807, 2.05) is 0 Å². The summed E-state index contributed by atoms with van der Waals surface area (Å²) in [5.74, 6) is 0. The van der Waals surface area contributed by atoms with Crippen molar-refractivity contribution in [3.63, 3.8) is 0 Å². The second-order valence-electron chi connectivity index (χ2n) is 6.68. The van der Waals surface area contributed by atoms with E-state index in [0.29, 0.717) is 18.1 Å². The van der Waals surface area contributed by atoms with Crippen LogP contribution in [0, 0.1) is 0 Å². The van der Waals surface area contributed by atoms with Gasteiger partial charge in [0, 0.05) is 37.8 Å². The smallest absolute Gasteiger partial charge is 0.0641 e. The zero-order chi connectivity index (χ0) is 13.8. The molecule has 1 unspecified atom stereocenters. The summed E-state index contributed by atoms with van der Waals surface area (Å²) < 4.78 is 5.75. The van der Waals surface area contributed by atoms with Gasteiger partial charge in [0.2, 0.25) is 0 Å². The fraction of sp³-hybridized carbons (Fsp3) is 1.00. The average Bonchev–Trinajstić information content (AvgIpc) is 2.21. The summed E-state index contributed by atoms with van der Waals surface area (Å²) in [6, 6.07) is 1.87. The van der Waals surface area contributed by atoms with Crippen LogP contribution in [0.3, 0.4) is 0 Å². The number of hydrogen-bond donors (Lipinski definition) is 1. The highest BCUT2D eigenvalue weighted by atomic mass is 16.5. The summed E-state index contributed by atoms with van der Waals surface area (Å²) in [5.41, 5.74) is 0.0473. The third-order valence-electron chi connectivity index (χ3n) is 3.83. The molecule has 18 heavy (non-hydrogen) atoms. The number of rotatable bonds is 6. The van der Waals surface area contributed by atoms with Crippen LogP contribution in [0.4, 0.5) is 0 Å². The Morgan fingerprint density at radius 2 is 1.83 bits per heavy atom. The summed E-state index contributed by atoms with van der Waals surface area (Å²) in [6.07, 6.45) is 2.27. The van der Waals surface area contributed by atoms with E-state index in [2.05, 4.69) is 51.8 Å². The molecule has 1 N–H and O–H groups in total. The van der Waals surface area contributed by atoms with Crippen LogP contribution in [-0.4, -0.2) is 48.3 Å². The normalized spacial score (nSPS) is 24.2. The van der Waals surface area contributed by atoms with E-state index in [9.17, 15) is 0 Å². The molecule has 0 spiro atoms. The summed E-state index contributed by atoms with van der Waals surface area (Å²) in [4.78, 5) is 2.54. The largest absolute Gasteiger partial charge is 0.375 e. The highest BCUT2D eigenvalue weighted by Gasteiger charge is 2.28. The van der Waals surface area contributed by atoms with Crippen LogP contribution in [-0.2, 0) is 4.74 Å². The molecule has 1 atom stereocenters. The van der Waals surface area contributed by atoms with Gasteiger partial charge in [-0.05, 0) is 54.4 Å². The molecular weight excluding hydrogens is 224 g/mol. The van der Waals surface area contributed by atoms with E-state index in [4.69, 9.17) is 4.74 Å². The molecule has 0 amide bonds. The lowest BCUT2D eigenvalue weighted by atomic mass is 9.94. The quantitative estimate of drug-likeness (QED) is 0.791. The Labute approximate surface area is 113 Å². The van der Waals surface area contributed by atoms with Crippen LogP contribution in [0.5, 0.6) is 0 Å². The van der Waals surface area contributed by atoms with Crippen molar-refractivity contribution in [1.82, 2.24) is 10.2 Å². The molecule has 0 radical (unpaired) electrons. The van der Waals surface area contributed by atoms with Crippen LogP contribution < -0.4 is 5.32 Å². The highest BCUT2D eigenvalue weighted by molar-refractivity contribution is 4.83. The third kappa shape index (κ3) is 5.25. The first-order valence-electron chi connectivity index (χ1n) is 7.45. The van der Waals surface area contributed by atoms with Gasteiger partial charge in [-0.2, -0.15) is 0 Å². The second-order valence-corrected chi connectivity index (χ2v) is 6.68. The Bertz CT molecular complexity index is 231. The van der Waals surface area contributed by atoms with Crippen LogP contribution in [0.1, 0.15) is 54.4 Å². The molecule has 1 fully saturated rings. The highest BCUT2D eigenvalue weighted by Crippen LogP contribution is 2.23. The molecule has 0 aliphatic carbocycles. The lowest BCUT2D eigenvalue weighted by Gasteiger charge is -2.37. The van der Waals surface area contributed by atoms with Crippen molar-refractivity contribution in [3.8, 4) is 0 Å². The molecule has 3 nitrogen and oxygen atoms in total. The van der Waals surface area contributed by atoms with E-state index in [1.165, 1.54) is 0 Å². The fourth-order valence-corrected chi connectivity index (χ4v) is 2.92. The van der Waals surface area contributed by atoms with Crippen LogP contribution >= 0.6 is 0 Å². The molecule has 1 rings (SSSR count). The zero-order valence-electron chi connectivity index (χ0n) is 13.1. The first-order chi connectivity index (χ1) is 8.32. The van der Waals surface area contributed by atoms with Gasteiger partial charge in [-0.1, -0.05) is 0 Å². The van der Waals surface area contributed by atoms with Crippen molar-refractivity contribution in [2.45, 2.75) is 78.1 Å². The maximum atomic E-state index is 5.75. The van der Waals surface area contributed by atoms with Crippen LogP contribution in [0.15, 0.2) is 0 Å². The van der Waals surface area contributed by atoms with Crippen molar-refractivity contribution in [2.24, 2.45) is 0 Å². The summed E-state index contributed by atoms with van der Waals surface area (Å²) in [7, 11) is 0. The monoisotopic (exact) mass is 256 g/mol. The molecule has 0 aromatic heterocycles. The van der Waals surface area contributed by atoms with Gasteiger partial charge in [0.05, 0.1) is 5.60 Å². The van der Waals surface area contributed by atoms with Crippen LogP contribution in [0.25, 0.3) is 0 Å². The van der Waals surface area contributed by atoms with Crippen molar-refractivity contribution < 1.29 is 4.74 Å². The lowest BCUT2D eigenvalue weighted by molar-refractivity contribution is -0.0630. The van der Waals surface area contributed by atoms with Gasteiger partial charge >= 0.3 is 0 Å². The minimum Gasteiger partial charge on any atom is -0.375 e. The molecule has 1 aliphatic rings. The fourth-order valence-electron chi connectivity index (χ4n) is 2.92. The summed E-state index contributed by atoms with van der Waals surface area (Å²) in [6.45, 7) is 16.6. The molecule has 0 aromatic rings. The van der Waals surface area contributed by atoms with Gasteiger partial charge in [0.25, 0.3) is 0 Å². The minimum absolute atomic E-state index is 0.0473. The van der Waals surface area contributed by atoms with Gasteiger partial charge in [-0.15, -0.1) is 0 Å². The molecule has 0 saturated carbocycles. The summed E-state index contributed by atoms with van der Waals surface area (Å²) >= 11 is 0. The lowest BCUT2D eigenvalue weighted by Crippen LogP contribution is -2.47. The molecule has 3 heteroatoms. The number of ether oxygens (including phenoxy) is 1. The van der Waals surface area contributed by atoms with Gasteiger partial charge in [0.15, 0.2) is 0 Å². The predicted octanol–water partition coefficient (Wildman–Crippen LogP) is 2.65. The van der Waals surface area contributed by atoms with E-state index in [0.717, 1.165) is 32.5 Å². The van der Waals surface area contributed by atoms with Gasteiger partial charge in [-0.25, -0.2) is 0 Å². The van der Waals surface area contributed by atoms with Gasteiger partial charge in [0.1, 0.15) is 0 Å². The molecule has 108 valence electrons. The zero-order valence-corrected chi connectivity index (χ0v) is 13.1. The summed E-state index contributed by atoms with van der Waals surface area (Å²) in [5, 5.41) is 3.70. The standard InChI is InChI=1S/C15H32N2O/c1-12(2)17(13(3)4)9-8-16-14-7-10-18-15(5,6)11-14/h12-14,16H,7-11H2,1-6H3. The minimum atomic E-state index is 0.0473. The SMILES string of the molecule is CC(C)N(CCNC1CCOC(C)(C)C1)C(C)C. The predicted molar refractivity (Wildman–Crippen MR) is 78.0 cm³/mol. The van der Waals surface area contributed by atoms with E-state index in [1.54, 1.807) is 0 Å². The van der Waals surface area contributed by atoms with E-state index in [-0.39, 0.29) is 5.60 Å². The average molecular weight is 256 g/mol. The molecule has 0 bridgehead atoms. The molecular formula is C15H32N2O. The van der Waals surface area contributed by atoms with Gasteiger partial charge in [-0.3, -0.25) is 4.90 Å². The third-order valence-corrected chi connectivity index (χ3v) is 3.83. The van der Waals surface area contributed by atoms with Crippen LogP contribution in [0.2, 0.25) is 0 Å². The Hall–Kier alpha value is -0.120. The Kier molecular flexibility index (Phi) is 6.09. The molecule has 0 aromatic carbocycles.